The Kier molecular flexibility index (Phi) is 8.14. The zero-order valence-electron chi connectivity index (χ0n) is 25.0. The lowest BCUT2D eigenvalue weighted by Crippen LogP contribution is -2.51. The number of pyridine rings is 1. The van der Waals surface area contributed by atoms with E-state index in [2.05, 4.69) is 52.6 Å². The van der Waals surface area contributed by atoms with Gasteiger partial charge in [0.1, 0.15) is 6.10 Å². The van der Waals surface area contributed by atoms with Crippen LogP contribution in [0.1, 0.15) is 123 Å². The molecule has 0 aliphatic heterocycles. The van der Waals surface area contributed by atoms with Gasteiger partial charge in [0, 0.05) is 18.8 Å². The van der Waals surface area contributed by atoms with Crippen molar-refractivity contribution >= 4 is 5.97 Å². The van der Waals surface area contributed by atoms with Crippen LogP contribution in [0.2, 0.25) is 0 Å². The minimum absolute atomic E-state index is 0.00139. The molecule has 0 bridgehead atoms. The van der Waals surface area contributed by atoms with Gasteiger partial charge in [0.25, 0.3) is 0 Å². The number of hydrogen-bond acceptors (Lipinski definition) is 3. The van der Waals surface area contributed by atoms with Crippen molar-refractivity contribution in [1.82, 2.24) is 4.98 Å². The fourth-order valence-corrected chi connectivity index (χ4v) is 10.2. The average Bonchev–Trinajstić information content (AvgIpc) is 3.26. The van der Waals surface area contributed by atoms with Crippen molar-refractivity contribution in [3.8, 4) is 0 Å². The first-order valence-electron chi connectivity index (χ1n) is 16.0. The molecule has 210 valence electrons. The summed E-state index contributed by atoms with van der Waals surface area (Å²) in [6.45, 7) is 15.1. The normalized spacial score (nSPS) is 38.0. The predicted octanol–water partition coefficient (Wildman–Crippen LogP) is 9.28. The Morgan fingerprint density at radius 2 is 1.89 bits per heavy atom. The summed E-state index contributed by atoms with van der Waals surface area (Å²) in [6, 6.07) is 3.60. The minimum Gasteiger partial charge on any atom is -0.458 e. The maximum atomic E-state index is 12.7. The zero-order valence-corrected chi connectivity index (χ0v) is 25.0. The summed E-state index contributed by atoms with van der Waals surface area (Å²) in [5, 5.41) is 0. The fraction of sp³-hybridized carbons (Fsp3) is 0.771. The molecular weight excluding hydrogens is 466 g/mol. The first kappa shape index (κ1) is 27.9. The number of nitrogens with zero attached hydrogens (tertiary/aromatic N) is 1. The number of carbonyl (C=O) groups excluding carboxylic acids is 1. The van der Waals surface area contributed by atoms with Crippen LogP contribution in [0.4, 0.5) is 0 Å². The van der Waals surface area contributed by atoms with Crippen molar-refractivity contribution in [2.75, 3.05) is 0 Å². The van der Waals surface area contributed by atoms with Gasteiger partial charge >= 0.3 is 5.97 Å². The van der Waals surface area contributed by atoms with E-state index in [1.54, 1.807) is 30.1 Å². The standard InChI is InChI=1S/C35H53NO2/c1-7-25(19-23(2)3)20-24(4)30-12-13-31-29-11-10-27-21-28(38-33(37)26-9-8-18-36-22-26)14-16-34(27,5)32(29)15-17-35(30,31)6/h8-10,18,22-25,28-32H,7,11-17,19-21H2,1-6H3/t24-,25+,28-,29-,30-,31+,32-,34-,35+/m0/s1. The van der Waals surface area contributed by atoms with Crippen LogP contribution in [-0.2, 0) is 4.74 Å². The molecule has 1 heterocycles. The summed E-state index contributed by atoms with van der Waals surface area (Å²) in [7, 11) is 0. The van der Waals surface area contributed by atoms with Crippen molar-refractivity contribution in [2.45, 2.75) is 118 Å². The van der Waals surface area contributed by atoms with E-state index in [4.69, 9.17) is 4.74 Å². The smallest absolute Gasteiger partial charge is 0.339 e. The quantitative estimate of drug-likeness (QED) is 0.254. The van der Waals surface area contributed by atoms with E-state index in [9.17, 15) is 4.79 Å². The molecule has 0 N–H and O–H groups in total. The summed E-state index contributed by atoms with van der Waals surface area (Å²) in [5.41, 5.74) is 2.95. The van der Waals surface area contributed by atoms with Crippen LogP contribution in [0.3, 0.4) is 0 Å². The van der Waals surface area contributed by atoms with Gasteiger partial charge in [-0.05, 0) is 122 Å². The predicted molar refractivity (Wildman–Crippen MR) is 156 cm³/mol. The van der Waals surface area contributed by atoms with Gasteiger partial charge < -0.3 is 4.74 Å². The van der Waals surface area contributed by atoms with Crippen LogP contribution in [0, 0.1) is 52.3 Å². The summed E-state index contributed by atoms with van der Waals surface area (Å²) in [5.74, 6) is 5.75. The number of aromatic nitrogens is 1. The van der Waals surface area contributed by atoms with E-state index in [1.807, 2.05) is 0 Å². The van der Waals surface area contributed by atoms with Crippen molar-refractivity contribution in [3.63, 3.8) is 0 Å². The minimum atomic E-state index is -0.223. The fourth-order valence-electron chi connectivity index (χ4n) is 10.2. The highest BCUT2D eigenvalue weighted by Crippen LogP contribution is 2.67. The second kappa shape index (κ2) is 11.1. The second-order valence-corrected chi connectivity index (χ2v) is 14.6. The third-order valence-corrected chi connectivity index (χ3v) is 12.1. The number of hydrogen-bond donors (Lipinski definition) is 0. The number of rotatable bonds is 8. The molecule has 3 fully saturated rings. The molecule has 0 amide bonds. The first-order valence-corrected chi connectivity index (χ1v) is 16.0. The molecule has 0 spiro atoms. The molecule has 4 aliphatic rings. The van der Waals surface area contributed by atoms with Gasteiger partial charge in [0.15, 0.2) is 0 Å². The molecule has 0 saturated heterocycles. The van der Waals surface area contributed by atoms with E-state index in [0.717, 1.165) is 60.7 Å². The lowest BCUT2D eigenvalue weighted by Gasteiger charge is -2.58. The third kappa shape index (κ3) is 5.13. The van der Waals surface area contributed by atoms with E-state index >= 15 is 0 Å². The number of carbonyl (C=O) groups is 1. The van der Waals surface area contributed by atoms with Crippen LogP contribution in [0.15, 0.2) is 36.2 Å². The summed E-state index contributed by atoms with van der Waals surface area (Å²) >= 11 is 0. The van der Waals surface area contributed by atoms with Crippen molar-refractivity contribution in [1.29, 1.82) is 0 Å². The Labute approximate surface area is 232 Å². The van der Waals surface area contributed by atoms with Crippen LogP contribution in [-0.4, -0.2) is 17.1 Å². The van der Waals surface area contributed by atoms with E-state index in [0.29, 0.717) is 11.0 Å². The molecule has 3 heteroatoms. The summed E-state index contributed by atoms with van der Waals surface area (Å²) in [4.78, 5) is 16.8. The topological polar surface area (TPSA) is 39.2 Å². The van der Waals surface area contributed by atoms with Crippen LogP contribution in [0.5, 0.6) is 0 Å². The van der Waals surface area contributed by atoms with Crippen LogP contribution in [0.25, 0.3) is 0 Å². The molecule has 3 saturated carbocycles. The molecule has 5 rings (SSSR count). The Bertz CT molecular complexity index is 1000. The number of allylic oxidation sites excluding steroid dienone is 1. The Morgan fingerprint density at radius 1 is 1.08 bits per heavy atom. The third-order valence-electron chi connectivity index (χ3n) is 12.1. The van der Waals surface area contributed by atoms with Gasteiger partial charge in [-0.1, -0.05) is 59.6 Å². The van der Waals surface area contributed by atoms with Crippen LogP contribution < -0.4 is 0 Å². The highest BCUT2D eigenvalue weighted by atomic mass is 16.5. The number of ether oxygens (including phenoxy) is 1. The highest BCUT2D eigenvalue weighted by molar-refractivity contribution is 5.89. The molecule has 3 nitrogen and oxygen atoms in total. The number of fused-ring (bicyclic) bond motifs is 5. The van der Waals surface area contributed by atoms with Gasteiger partial charge in [-0.25, -0.2) is 4.79 Å². The maximum absolute atomic E-state index is 12.7. The van der Waals surface area contributed by atoms with Gasteiger partial charge in [-0.3, -0.25) is 4.98 Å². The summed E-state index contributed by atoms with van der Waals surface area (Å²) in [6.07, 6.45) is 20.1. The Balaban J connectivity index is 1.26. The van der Waals surface area contributed by atoms with E-state index in [-0.39, 0.29) is 17.5 Å². The van der Waals surface area contributed by atoms with E-state index in [1.165, 1.54) is 51.4 Å². The van der Waals surface area contributed by atoms with Gasteiger partial charge in [0.05, 0.1) is 5.56 Å². The van der Waals surface area contributed by atoms with Crippen molar-refractivity contribution in [3.05, 3.63) is 41.7 Å². The summed E-state index contributed by atoms with van der Waals surface area (Å²) < 4.78 is 5.98. The monoisotopic (exact) mass is 519 g/mol. The second-order valence-electron chi connectivity index (χ2n) is 14.6. The van der Waals surface area contributed by atoms with E-state index < -0.39 is 0 Å². The highest BCUT2D eigenvalue weighted by Gasteiger charge is 2.59. The molecule has 1 aromatic heterocycles. The van der Waals surface area contributed by atoms with Crippen LogP contribution >= 0.6 is 0 Å². The molecule has 0 radical (unpaired) electrons. The molecule has 4 aliphatic carbocycles. The van der Waals surface area contributed by atoms with Crippen molar-refractivity contribution < 1.29 is 9.53 Å². The maximum Gasteiger partial charge on any atom is 0.339 e. The van der Waals surface area contributed by atoms with Crippen molar-refractivity contribution in [2.24, 2.45) is 52.3 Å². The molecule has 0 aromatic carbocycles. The lowest BCUT2D eigenvalue weighted by atomic mass is 9.47. The molecule has 1 aromatic rings. The molecule has 9 atom stereocenters. The lowest BCUT2D eigenvalue weighted by molar-refractivity contribution is -0.0602. The molecular formula is C35H53NO2. The van der Waals surface area contributed by atoms with Gasteiger partial charge in [-0.15, -0.1) is 0 Å². The zero-order chi connectivity index (χ0) is 27.1. The average molecular weight is 520 g/mol. The SMILES string of the molecule is CC[C@H](CC(C)C)C[C@H](C)[C@@H]1CC[C@@H]2[C@@H]3CC=C4C[C@@H](OC(=O)c5cccnc5)CC[C@]4(C)[C@H]3CC[C@@]21C. The van der Waals surface area contributed by atoms with Gasteiger partial charge in [-0.2, -0.15) is 0 Å². The largest absolute Gasteiger partial charge is 0.458 e. The van der Waals surface area contributed by atoms with Gasteiger partial charge in [0.2, 0.25) is 0 Å². The first-order chi connectivity index (χ1) is 18.2. The molecule has 0 unspecified atom stereocenters. The Morgan fingerprint density at radius 3 is 2.61 bits per heavy atom. The molecule has 38 heavy (non-hydrogen) atoms. The number of esters is 1. The Hall–Kier alpha value is -1.64.